The van der Waals surface area contributed by atoms with Gasteiger partial charge in [-0.25, -0.2) is 4.98 Å². The van der Waals surface area contributed by atoms with Gasteiger partial charge < -0.3 is 4.90 Å². The summed E-state index contributed by atoms with van der Waals surface area (Å²) in [7, 11) is 0. The first-order valence-electron chi connectivity index (χ1n) is 6.69. The minimum atomic E-state index is -0.0726. The van der Waals surface area contributed by atoms with Gasteiger partial charge in [0.1, 0.15) is 10.5 Å². The molecule has 98 valence electrons. The molecule has 2 aromatic carbocycles. The van der Waals surface area contributed by atoms with Crippen LogP contribution in [0.2, 0.25) is 0 Å². The lowest BCUT2D eigenvalue weighted by molar-refractivity contribution is 0.841. The van der Waals surface area contributed by atoms with Crippen molar-refractivity contribution in [1.82, 2.24) is 4.98 Å². The van der Waals surface area contributed by atoms with Crippen LogP contribution in [0.5, 0.6) is 0 Å². The van der Waals surface area contributed by atoms with Crippen LogP contribution in [0, 0.1) is 0 Å². The average molecular weight is 278 g/mol. The van der Waals surface area contributed by atoms with Crippen LogP contribution in [-0.2, 0) is 5.54 Å². The summed E-state index contributed by atoms with van der Waals surface area (Å²) in [6, 6.07) is 21.2. The molecule has 2 nitrogen and oxygen atoms in total. The summed E-state index contributed by atoms with van der Waals surface area (Å²) >= 11 is 1.73. The Morgan fingerprint density at radius 3 is 2.30 bits per heavy atom. The van der Waals surface area contributed by atoms with E-state index in [9.17, 15) is 0 Å². The molecule has 1 aromatic heterocycles. The monoisotopic (exact) mass is 278 g/mol. The zero-order valence-electron chi connectivity index (χ0n) is 10.9. The van der Waals surface area contributed by atoms with Crippen molar-refractivity contribution >= 4 is 17.0 Å². The molecule has 0 aliphatic carbocycles. The standard InChI is InChI=1S/C17H14N2S/c1-3-7-14(8-4-1)17(16-18-11-12-20-16)13-19(17)15-9-5-2-6-10-15/h1-12H,13H2. The number of aromatic nitrogens is 1. The predicted molar refractivity (Wildman–Crippen MR) is 83.1 cm³/mol. The third-order valence-electron chi connectivity index (χ3n) is 3.85. The third-order valence-corrected chi connectivity index (χ3v) is 4.77. The fourth-order valence-corrected chi connectivity index (χ4v) is 3.67. The second-order valence-electron chi connectivity index (χ2n) is 4.99. The lowest BCUT2D eigenvalue weighted by atomic mass is 9.99. The van der Waals surface area contributed by atoms with E-state index in [0.717, 1.165) is 6.54 Å². The van der Waals surface area contributed by atoms with Crippen molar-refractivity contribution in [1.29, 1.82) is 0 Å². The highest BCUT2D eigenvalue weighted by atomic mass is 32.1. The van der Waals surface area contributed by atoms with Crippen molar-refractivity contribution in [2.75, 3.05) is 11.4 Å². The Morgan fingerprint density at radius 2 is 1.65 bits per heavy atom. The predicted octanol–water partition coefficient (Wildman–Crippen LogP) is 3.91. The molecule has 0 spiro atoms. The Hall–Kier alpha value is -2.13. The number of hydrogen-bond donors (Lipinski definition) is 0. The van der Waals surface area contributed by atoms with Gasteiger partial charge in [0, 0.05) is 17.3 Å². The third kappa shape index (κ3) is 1.67. The molecule has 0 saturated carbocycles. The Morgan fingerprint density at radius 1 is 0.950 bits per heavy atom. The van der Waals surface area contributed by atoms with E-state index in [1.54, 1.807) is 11.3 Å². The molecule has 1 fully saturated rings. The molecule has 0 bridgehead atoms. The number of nitrogens with zero attached hydrogens (tertiary/aromatic N) is 2. The SMILES string of the molecule is c1ccc(N2CC2(c2ccccc2)c2nccs2)cc1. The summed E-state index contributed by atoms with van der Waals surface area (Å²) in [6.07, 6.45) is 1.90. The van der Waals surface area contributed by atoms with Crippen LogP contribution in [0.15, 0.2) is 72.2 Å². The Bertz CT molecular complexity index is 694. The second-order valence-corrected chi connectivity index (χ2v) is 5.88. The first-order chi connectivity index (χ1) is 9.91. The molecular formula is C17H14N2S. The van der Waals surface area contributed by atoms with Crippen LogP contribution >= 0.6 is 11.3 Å². The first-order valence-corrected chi connectivity index (χ1v) is 7.57. The number of hydrogen-bond acceptors (Lipinski definition) is 3. The molecule has 1 unspecified atom stereocenters. The van der Waals surface area contributed by atoms with Crippen LogP contribution in [0.3, 0.4) is 0 Å². The molecule has 3 heteroatoms. The average Bonchev–Trinajstić information content (AvgIpc) is 3.05. The number of thiazole rings is 1. The van der Waals surface area contributed by atoms with Crippen molar-refractivity contribution in [3.05, 3.63) is 82.8 Å². The van der Waals surface area contributed by atoms with Crippen LogP contribution in [-0.4, -0.2) is 11.5 Å². The fraction of sp³-hybridized carbons (Fsp3) is 0.118. The van der Waals surface area contributed by atoms with E-state index < -0.39 is 0 Å². The summed E-state index contributed by atoms with van der Waals surface area (Å²) in [5.41, 5.74) is 2.50. The van der Waals surface area contributed by atoms with Gasteiger partial charge in [-0.05, 0) is 17.7 Å². The molecule has 1 aliphatic heterocycles. The van der Waals surface area contributed by atoms with Crippen molar-refractivity contribution in [2.24, 2.45) is 0 Å². The van der Waals surface area contributed by atoms with Crippen LogP contribution in [0.1, 0.15) is 10.6 Å². The van der Waals surface area contributed by atoms with Crippen molar-refractivity contribution < 1.29 is 0 Å². The van der Waals surface area contributed by atoms with Gasteiger partial charge in [-0.1, -0.05) is 48.5 Å². The molecule has 20 heavy (non-hydrogen) atoms. The van der Waals surface area contributed by atoms with Crippen LogP contribution in [0.4, 0.5) is 5.69 Å². The summed E-state index contributed by atoms with van der Waals surface area (Å²) in [5.74, 6) is 0. The van der Waals surface area contributed by atoms with Crippen LogP contribution in [0.25, 0.3) is 0 Å². The van der Waals surface area contributed by atoms with E-state index in [1.165, 1.54) is 16.3 Å². The molecule has 1 saturated heterocycles. The van der Waals surface area contributed by atoms with Crippen molar-refractivity contribution in [2.45, 2.75) is 5.54 Å². The molecular weight excluding hydrogens is 264 g/mol. The van der Waals surface area contributed by atoms with Gasteiger partial charge in [0.15, 0.2) is 0 Å². The van der Waals surface area contributed by atoms with E-state index in [2.05, 4.69) is 75.9 Å². The number of rotatable bonds is 3. The Balaban J connectivity index is 1.82. The molecule has 4 rings (SSSR count). The van der Waals surface area contributed by atoms with Gasteiger partial charge in [-0.2, -0.15) is 0 Å². The molecule has 0 N–H and O–H groups in total. The largest absolute Gasteiger partial charge is 0.351 e. The van der Waals surface area contributed by atoms with E-state index in [1.807, 2.05) is 6.20 Å². The maximum atomic E-state index is 4.58. The van der Waals surface area contributed by atoms with Crippen LogP contribution < -0.4 is 4.90 Å². The molecule has 3 aromatic rings. The highest BCUT2D eigenvalue weighted by Crippen LogP contribution is 2.51. The molecule has 2 heterocycles. The minimum absolute atomic E-state index is 0.0726. The van der Waals surface area contributed by atoms with Crippen molar-refractivity contribution in [3.8, 4) is 0 Å². The zero-order chi connectivity index (χ0) is 13.4. The van der Waals surface area contributed by atoms with Gasteiger partial charge in [0.2, 0.25) is 0 Å². The Labute approximate surface area is 122 Å². The lowest BCUT2D eigenvalue weighted by Gasteiger charge is -2.17. The topological polar surface area (TPSA) is 15.9 Å². The smallest absolute Gasteiger partial charge is 0.135 e. The summed E-state index contributed by atoms with van der Waals surface area (Å²) in [4.78, 5) is 7.00. The summed E-state index contributed by atoms with van der Waals surface area (Å²) in [6.45, 7) is 0.995. The fourth-order valence-electron chi connectivity index (χ4n) is 2.81. The van der Waals surface area contributed by atoms with E-state index in [-0.39, 0.29) is 5.54 Å². The highest BCUT2D eigenvalue weighted by Gasteiger charge is 2.56. The number of para-hydroxylation sites is 1. The molecule has 0 radical (unpaired) electrons. The van der Waals surface area contributed by atoms with Gasteiger partial charge in [0.25, 0.3) is 0 Å². The minimum Gasteiger partial charge on any atom is -0.351 e. The second kappa shape index (κ2) is 4.46. The van der Waals surface area contributed by atoms with Gasteiger partial charge in [-0.3, -0.25) is 0 Å². The molecule has 1 aliphatic rings. The van der Waals surface area contributed by atoms with E-state index in [4.69, 9.17) is 0 Å². The normalized spacial score (nSPS) is 20.9. The lowest BCUT2D eigenvalue weighted by Crippen LogP contribution is -2.17. The van der Waals surface area contributed by atoms with Crippen molar-refractivity contribution in [3.63, 3.8) is 0 Å². The number of anilines is 1. The zero-order valence-corrected chi connectivity index (χ0v) is 11.8. The first kappa shape index (κ1) is 11.7. The van der Waals surface area contributed by atoms with Gasteiger partial charge in [0.05, 0.1) is 6.54 Å². The van der Waals surface area contributed by atoms with Gasteiger partial charge in [-0.15, -0.1) is 11.3 Å². The Kier molecular flexibility index (Phi) is 2.60. The van der Waals surface area contributed by atoms with Gasteiger partial charge >= 0.3 is 0 Å². The summed E-state index contributed by atoms with van der Waals surface area (Å²) in [5, 5.41) is 3.23. The molecule has 1 atom stereocenters. The molecule has 0 amide bonds. The van der Waals surface area contributed by atoms with E-state index in [0.29, 0.717) is 0 Å². The maximum absolute atomic E-state index is 4.58. The number of benzene rings is 2. The van der Waals surface area contributed by atoms with E-state index >= 15 is 0 Å². The highest BCUT2D eigenvalue weighted by molar-refractivity contribution is 7.09. The summed E-state index contributed by atoms with van der Waals surface area (Å²) < 4.78 is 0. The maximum Gasteiger partial charge on any atom is 0.135 e. The quantitative estimate of drug-likeness (QED) is 0.675.